The molecule has 4 aromatic rings. The molecule has 0 saturated carbocycles. The van der Waals surface area contributed by atoms with Crippen LogP contribution in [0.4, 0.5) is 0 Å². The highest BCUT2D eigenvalue weighted by Crippen LogP contribution is 2.25. The molecule has 2 aromatic carbocycles. The van der Waals surface area contributed by atoms with Gasteiger partial charge in [0.15, 0.2) is 17.0 Å². The summed E-state index contributed by atoms with van der Waals surface area (Å²) in [6.07, 6.45) is -0.904. The fraction of sp³-hybridized carbons (Fsp3) is 0.125. The van der Waals surface area contributed by atoms with Crippen LogP contribution in [-0.4, -0.2) is 25.8 Å². The van der Waals surface area contributed by atoms with Crippen molar-refractivity contribution in [1.29, 1.82) is 10.5 Å². The lowest BCUT2D eigenvalue weighted by molar-refractivity contribution is -0.136. The van der Waals surface area contributed by atoms with Gasteiger partial charge in [0.2, 0.25) is 11.5 Å². The highest BCUT2D eigenvalue weighted by molar-refractivity contribution is 5.84. The number of carbonyl (C=O) groups is 1. The minimum Gasteiger partial charge on any atom is -0.489 e. The molecule has 0 unspecified atom stereocenters. The fourth-order valence-corrected chi connectivity index (χ4v) is 3.28. The maximum absolute atomic E-state index is 12.4. The number of hydrogen-bond acceptors (Lipinski definition) is 10. The van der Waals surface area contributed by atoms with Gasteiger partial charge in [0, 0.05) is 12.1 Å². The first-order chi connectivity index (χ1) is 16.5. The first-order valence-corrected chi connectivity index (χ1v) is 9.82. The Kier molecular flexibility index (Phi) is 6.24. The van der Waals surface area contributed by atoms with Gasteiger partial charge < -0.3 is 23.0 Å². The summed E-state index contributed by atoms with van der Waals surface area (Å²) in [6.45, 7) is -0.144. The molecule has 0 atom stereocenters. The van der Waals surface area contributed by atoms with Crippen LogP contribution >= 0.6 is 0 Å². The van der Waals surface area contributed by atoms with Crippen LogP contribution in [0.2, 0.25) is 0 Å². The zero-order chi connectivity index (χ0) is 24.1. The van der Waals surface area contributed by atoms with E-state index >= 15 is 0 Å². The van der Waals surface area contributed by atoms with Crippen LogP contribution in [0.25, 0.3) is 21.9 Å². The predicted octanol–water partition coefficient (Wildman–Crippen LogP) is 2.64. The summed E-state index contributed by atoms with van der Waals surface area (Å²) in [5.74, 6) is 0.0773. The minimum atomic E-state index is -0.904. The van der Waals surface area contributed by atoms with Gasteiger partial charge in [-0.05, 0) is 24.3 Å². The highest BCUT2D eigenvalue weighted by atomic mass is 16.6. The van der Waals surface area contributed by atoms with Crippen molar-refractivity contribution in [2.45, 2.75) is 6.10 Å². The SMILES string of the molecule is N#Cc1cc(=O)c2c(OCC(COc3cccc4oc(C#N)cc(=O)c34)OC=O)cccc2o1. The van der Waals surface area contributed by atoms with E-state index < -0.39 is 17.0 Å². The number of benzene rings is 2. The molecular weight excluding hydrogens is 444 g/mol. The molecular formula is C24H14N2O8. The van der Waals surface area contributed by atoms with Crippen LogP contribution < -0.4 is 20.3 Å². The van der Waals surface area contributed by atoms with E-state index in [2.05, 4.69) is 0 Å². The van der Waals surface area contributed by atoms with Crippen molar-refractivity contribution < 1.29 is 27.8 Å². The number of nitriles is 2. The molecule has 0 radical (unpaired) electrons. The molecule has 2 heterocycles. The third-order valence-corrected chi connectivity index (χ3v) is 4.75. The molecule has 10 nitrogen and oxygen atoms in total. The van der Waals surface area contributed by atoms with E-state index in [0.717, 1.165) is 12.1 Å². The Morgan fingerprint density at radius 2 is 1.29 bits per heavy atom. The van der Waals surface area contributed by atoms with Crippen molar-refractivity contribution in [2.75, 3.05) is 13.2 Å². The van der Waals surface area contributed by atoms with Crippen molar-refractivity contribution in [3.63, 3.8) is 0 Å². The number of nitrogens with zero attached hydrogens (tertiary/aromatic N) is 2. The average molecular weight is 458 g/mol. The molecule has 10 heteroatoms. The number of fused-ring (bicyclic) bond motifs is 2. The molecule has 34 heavy (non-hydrogen) atoms. The van der Waals surface area contributed by atoms with Gasteiger partial charge >= 0.3 is 0 Å². The summed E-state index contributed by atoms with van der Waals surface area (Å²) in [5, 5.41) is 18.2. The Balaban J connectivity index is 1.55. The molecule has 0 saturated heterocycles. The number of carbonyl (C=O) groups excluding carboxylic acids is 1. The van der Waals surface area contributed by atoms with E-state index in [1.165, 1.54) is 24.3 Å². The molecule has 168 valence electrons. The molecule has 0 aliphatic rings. The van der Waals surface area contributed by atoms with Crippen LogP contribution in [0.3, 0.4) is 0 Å². The second kappa shape index (κ2) is 9.59. The third-order valence-electron chi connectivity index (χ3n) is 4.75. The van der Waals surface area contributed by atoms with Gasteiger partial charge in [-0.2, -0.15) is 10.5 Å². The van der Waals surface area contributed by atoms with Crippen LogP contribution in [0.5, 0.6) is 11.5 Å². The number of rotatable bonds is 8. The summed E-state index contributed by atoms with van der Waals surface area (Å²) < 4.78 is 27.1. The quantitative estimate of drug-likeness (QED) is 0.360. The molecule has 4 rings (SSSR count). The third kappa shape index (κ3) is 4.42. The largest absolute Gasteiger partial charge is 0.489 e. The van der Waals surface area contributed by atoms with Gasteiger partial charge in [0.05, 0.1) is 0 Å². The van der Waals surface area contributed by atoms with Crippen LogP contribution in [0.1, 0.15) is 11.5 Å². The van der Waals surface area contributed by atoms with Gasteiger partial charge in [-0.1, -0.05) is 12.1 Å². The van der Waals surface area contributed by atoms with E-state index in [0.29, 0.717) is 0 Å². The average Bonchev–Trinajstić information content (AvgIpc) is 2.85. The maximum atomic E-state index is 12.4. The summed E-state index contributed by atoms with van der Waals surface area (Å²) in [5.41, 5.74) is -0.580. The molecule has 0 bridgehead atoms. The van der Waals surface area contributed by atoms with Gasteiger partial charge in [-0.15, -0.1) is 0 Å². The predicted molar refractivity (Wildman–Crippen MR) is 116 cm³/mol. The molecule has 0 amide bonds. The van der Waals surface area contributed by atoms with Crippen molar-refractivity contribution in [3.05, 3.63) is 80.5 Å². The first-order valence-electron chi connectivity index (χ1n) is 9.82. The molecule has 0 spiro atoms. The zero-order valence-corrected chi connectivity index (χ0v) is 17.3. The lowest BCUT2D eigenvalue weighted by Gasteiger charge is -2.18. The first kappa shape index (κ1) is 22.1. The molecule has 0 fully saturated rings. The second-order valence-electron chi connectivity index (χ2n) is 6.91. The summed E-state index contributed by atoms with van der Waals surface area (Å²) in [6, 6.07) is 14.9. The number of ether oxygens (including phenoxy) is 3. The monoisotopic (exact) mass is 458 g/mol. The Bertz CT molecular complexity index is 1470. The van der Waals surface area contributed by atoms with Gasteiger partial charge in [0.25, 0.3) is 6.47 Å². The van der Waals surface area contributed by atoms with E-state index in [9.17, 15) is 14.4 Å². The van der Waals surface area contributed by atoms with Crippen molar-refractivity contribution in [2.24, 2.45) is 0 Å². The van der Waals surface area contributed by atoms with Gasteiger partial charge in [-0.3, -0.25) is 14.4 Å². The molecule has 0 aliphatic heterocycles. The van der Waals surface area contributed by atoms with E-state index in [1.807, 2.05) is 0 Å². The van der Waals surface area contributed by atoms with Gasteiger partial charge in [-0.25, -0.2) is 0 Å². The Labute approximate surface area is 190 Å². The zero-order valence-electron chi connectivity index (χ0n) is 17.3. The van der Waals surface area contributed by atoms with Crippen LogP contribution in [0.15, 0.2) is 67.0 Å². The summed E-state index contributed by atoms with van der Waals surface area (Å²) in [7, 11) is 0. The molecule has 2 aromatic heterocycles. The van der Waals surface area contributed by atoms with Crippen LogP contribution in [-0.2, 0) is 9.53 Å². The van der Waals surface area contributed by atoms with E-state index in [4.69, 9.17) is 33.6 Å². The second-order valence-corrected chi connectivity index (χ2v) is 6.91. The van der Waals surface area contributed by atoms with Crippen molar-refractivity contribution in [3.8, 4) is 23.6 Å². The Morgan fingerprint density at radius 1 is 0.824 bits per heavy atom. The van der Waals surface area contributed by atoms with E-state index in [1.54, 1.807) is 24.3 Å². The van der Waals surface area contributed by atoms with Crippen molar-refractivity contribution in [1.82, 2.24) is 0 Å². The van der Waals surface area contributed by atoms with Gasteiger partial charge in [0.1, 0.15) is 58.8 Å². The number of hydrogen-bond donors (Lipinski definition) is 0. The van der Waals surface area contributed by atoms with Crippen molar-refractivity contribution >= 4 is 28.4 Å². The van der Waals surface area contributed by atoms with Crippen LogP contribution in [0, 0.1) is 22.7 Å². The lowest BCUT2D eigenvalue weighted by atomic mass is 10.2. The Morgan fingerprint density at radius 3 is 1.71 bits per heavy atom. The lowest BCUT2D eigenvalue weighted by Crippen LogP contribution is -2.28. The smallest absolute Gasteiger partial charge is 0.293 e. The normalized spacial score (nSPS) is 10.6. The highest BCUT2D eigenvalue weighted by Gasteiger charge is 2.17. The summed E-state index contributed by atoms with van der Waals surface area (Å²) >= 11 is 0. The standard InChI is InChI=1S/C24H14N2O8/c25-9-14-7-17(28)23-19(3-1-5-21(23)33-14)30-11-16(32-13-27)12-31-20-4-2-6-22-24(20)18(29)8-15(10-26)34-22/h1-8,13,16H,11-12H2. The molecule has 0 aliphatic carbocycles. The topological polar surface area (TPSA) is 153 Å². The summed E-state index contributed by atoms with van der Waals surface area (Å²) in [4.78, 5) is 35.8. The molecule has 0 N–H and O–H groups in total. The fourth-order valence-electron chi connectivity index (χ4n) is 3.28. The Hall–Kier alpha value is -5.09. The maximum Gasteiger partial charge on any atom is 0.293 e. The van der Waals surface area contributed by atoms with E-state index in [-0.39, 0.29) is 64.6 Å². The minimum absolute atomic E-state index is 0.132.